The molecule has 0 aromatic heterocycles. The highest BCUT2D eigenvalue weighted by Gasteiger charge is 2.29. The van der Waals surface area contributed by atoms with Crippen LogP contribution in [0.15, 0.2) is 0 Å². The molecule has 1 aliphatic rings. The Morgan fingerprint density at radius 1 is 1.46 bits per heavy atom. The summed E-state index contributed by atoms with van der Waals surface area (Å²) in [5, 5.41) is 0. The first kappa shape index (κ1) is 11.0. The molecule has 1 saturated carbocycles. The van der Waals surface area contributed by atoms with E-state index in [1.165, 1.54) is 32.1 Å². The van der Waals surface area contributed by atoms with Gasteiger partial charge in [-0.25, -0.2) is 0 Å². The van der Waals surface area contributed by atoms with Crippen LogP contribution in [-0.4, -0.2) is 6.54 Å². The second-order valence-electron chi connectivity index (χ2n) is 5.35. The largest absolute Gasteiger partial charge is 0.330 e. The Bertz CT molecular complexity index is 155. The molecule has 0 bridgehead atoms. The third kappa shape index (κ3) is 2.98. The lowest BCUT2D eigenvalue weighted by atomic mass is 9.78. The van der Waals surface area contributed by atoms with Crippen molar-refractivity contribution < 1.29 is 0 Å². The van der Waals surface area contributed by atoms with Gasteiger partial charge in [0.05, 0.1) is 0 Å². The van der Waals surface area contributed by atoms with E-state index >= 15 is 0 Å². The molecule has 0 aromatic rings. The maximum atomic E-state index is 5.76. The van der Waals surface area contributed by atoms with Crippen molar-refractivity contribution in [3.63, 3.8) is 0 Å². The van der Waals surface area contributed by atoms with Crippen molar-refractivity contribution in [1.29, 1.82) is 0 Å². The van der Waals surface area contributed by atoms with E-state index in [-0.39, 0.29) is 0 Å². The molecule has 13 heavy (non-hydrogen) atoms. The zero-order valence-corrected chi connectivity index (χ0v) is 9.47. The second kappa shape index (κ2) is 4.45. The lowest BCUT2D eigenvalue weighted by Gasteiger charge is -2.28. The van der Waals surface area contributed by atoms with Gasteiger partial charge in [-0.05, 0) is 49.5 Å². The molecular weight excluding hydrogens is 158 g/mol. The van der Waals surface area contributed by atoms with Crippen LogP contribution in [0.1, 0.15) is 52.9 Å². The van der Waals surface area contributed by atoms with E-state index < -0.39 is 0 Å². The average Bonchev–Trinajstić information content (AvgIpc) is 2.25. The molecule has 3 unspecified atom stereocenters. The van der Waals surface area contributed by atoms with Crippen LogP contribution >= 0.6 is 0 Å². The Balaban J connectivity index is 2.57. The van der Waals surface area contributed by atoms with Gasteiger partial charge in [-0.1, -0.05) is 27.2 Å². The number of nitrogens with two attached hydrogens (primary N) is 1. The molecule has 0 amide bonds. The van der Waals surface area contributed by atoms with Crippen LogP contribution in [0.4, 0.5) is 0 Å². The number of hydrogen-bond donors (Lipinski definition) is 1. The summed E-state index contributed by atoms with van der Waals surface area (Å²) in [6.07, 6.45) is 6.82. The Hall–Kier alpha value is -0.0400. The van der Waals surface area contributed by atoms with Gasteiger partial charge in [-0.2, -0.15) is 0 Å². The first-order valence-electron chi connectivity index (χ1n) is 5.79. The lowest BCUT2D eigenvalue weighted by molar-refractivity contribution is 0.236. The fourth-order valence-electron chi connectivity index (χ4n) is 2.80. The number of hydrogen-bond acceptors (Lipinski definition) is 1. The summed E-state index contributed by atoms with van der Waals surface area (Å²) in [7, 11) is 0. The van der Waals surface area contributed by atoms with E-state index in [4.69, 9.17) is 5.73 Å². The van der Waals surface area contributed by atoms with Crippen LogP contribution in [0.5, 0.6) is 0 Å². The first-order valence-corrected chi connectivity index (χ1v) is 5.79. The lowest BCUT2D eigenvalue weighted by Crippen LogP contribution is -2.16. The summed E-state index contributed by atoms with van der Waals surface area (Å²) in [6, 6.07) is 0. The SMILES string of the molecule is CCC1(C)CCC(CN)CC(C)C1. The number of rotatable bonds is 2. The Morgan fingerprint density at radius 3 is 2.69 bits per heavy atom. The van der Waals surface area contributed by atoms with Gasteiger partial charge in [0.15, 0.2) is 0 Å². The molecule has 0 spiro atoms. The van der Waals surface area contributed by atoms with Gasteiger partial charge < -0.3 is 5.73 Å². The smallest absolute Gasteiger partial charge is 0.00488 e. The minimum Gasteiger partial charge on any atom is -0.330 e. The minimum atomic E-state index is 0.601. The third-order valence-electron chi connectivity index (χ3n) is 3.92. The normalized spacial score (nSPS) is 41.5. The van der Waals surface area contributed by atoms with Crippen molar-refractivity contribution in [1.82, 2.24) is 0 Å². The summed E-state index contributed by atoms with van der Waals surface area (Å²) in [4.78, 5) is 0. The van der Waals surface area contributed by atoms with E-state index in [2.05, 4.69) is 20.8 Å². The van der Waals surface area contributed by atoms with Crippen LogP contribution in [-0.2, 0) is 0 Å². The maximum absolute atomic E-state index is 5.76. The highest BCUT2D eigenvalue weighted by Crippen LogP contribution is 2.41. The molecule has 1 heteroatoms. The minimum absolute atomic E-state index is 0.601. The summed E-state index contributed by atoms with van der Waals surface area (Å²) >= 11 is 0. The molecule has 0 aliphatic heterocycles. The van der Waals surface area contributed by atoms with E-state index in [0.717, 1.165) is 18.4 Å². The summed E-state index contributed by atoms with van der Waals surface area (Å²) < 4.78 is 0. The van der Waals surface area contributed by atoms with Crippen LogP contribution < -0.4 is 5.73 Å². The van der Waals surface area contributed by atoms with Gasteiger partial charge in [-0.15, -0.1) is 0 Å². The van der Waals surface area contributed by atoms with Crippen LogP contribution in [0.25, 0.3) is 0 Å². The molecule has 0 aromatic carbocycles. The van der Waals surface area contributed by atoms with Gasteiger partial charge in [0.2, 0.25) is 0 Å². The monoisotopic (exact) mass is 183 g/mol. The van der Waals surface area contributed by atoms with Crippen molar-refractivity contribution in [3.8, 4) is 0 Å². The van der Waals surface area contributed by atoms with E-state index in [9.17, 15) is 0 Å². The molecule has 1 fully saturated rings. The van der Waals surface area contributed by atoms with Crippen molar-refractivity contribution >= 4 is 0 Å². The highest BCUT2D eigenvalue weighted by atomic mass is 14.6. The predicted molar refractivity (Wildman–Crippen MR) is 58.6 cm³/mol. The van der Waals surface area contributed by atoms with Crippen LogP contribution in [0, 0.1) is 17.3 Å². The molecule has 0 heterocycles. The molecule has 1 nitrogen and oxygen atoms in total. The Morgan fingerprint density at radius 2 is 2.15 bits per heavy atom. The zero-order valence-electron chi connectivity index (χ0n) is 9.47. The zero-order chi connectivity index (χ0) is 9.90. The predicted octanol–water partition coefficient (Wildman–Crippen LogP) is 3.19. The Labute approximate surface area is 83.1 Å². The molecule has 1 rings (SSSR count). The highest BCUT2D eigenvalue weighted by molar-refractivity contribution is 4.82. The fraction of sp³-hybridized carbons (Fsp3) is 1.00. The summed E-state index contributed by atoms with van der Waals surface area (Å²) in [5.41, 5.74) is 6.37. The van der Waals surface area contributed by atoms with Crippen molar-refractivity contribution in [2.45, 2.75) is 52.9 Å². The van der Waals surface area contributed by atoms with Gasteiger partial charge in [0.25, 0.3) is 0 Å². The average molecular weight is 183 g/mol. The van der Waals surface area contributed by atoms with Gasteiger partial charge >= 0.3 is 0 Å². The summed E-state index contributed by atoms with van der Waals surface area (Å²) in [5.74, 6) is 1.67. The van der Waals surface area contributed by atoms with Gasteiger partial charge in [0.1, 0.15) is 0 Å². The molecule has 78 valence electrons. The third-order valence-corrected chi connectivity index (χ3v) is 3.92. The van der Waals surface area contributed by atoms with E-state index in [1.54, 1.807) is 0 Å². The van der Waals surface area contributed by atoms with Crippen molar-refractivity contribution in [3.05, 3.63) is 0 Å². The second-order valence-corrected chi connectivity index (χ2v) is 5.35. The van der Waals surface area contributed by atoms with Crippen LogP contribution in [0.3, 0.4) is 0 Å². The van der Waals surface area contributed by atoms with Gasteiger partial charge in [-0.3, -0.25) is 0 Å². The Kier molecular flexibility index (Phi) is 3.78. The van der Waals surface area contributed by atoms with E-state index in [1.807, 2.05) is 0 Å². The summed E-state index contributed by atoms with van der Waals surface area (Å²) in [6.45, 7) is 8.06. The molecular formula is C12H25N. The maximum Gasteiger partial charge on any atom is -0.00488 e. The molecule has 2 N–H and O–H groups in total. The molecule has 0 radical (unpaired) electrons. The standard InChI is InChI=1S/C12H25N/c1-4-12(3)6-5-11(9-13)7-10(2)8-12/h10-11H,4-9,13H2,1-3H3. The topological polar surface area (TPSA) is 26.0 Å². The van der Waals surface area contributed by atoms with Gasteiger partial charge in [0, 0.05) is 0 Å². The molecule has 1 aliphatic carbocycles. The quantitative estimate of drug-likeness (QED) is 0.654. The van der Waals surface area contributed by atoms with Crippen LogP contribution in [0.2, 0.25) is 0 Å². The van der Waals surface area contributed by atoms with Crippen molar-refractivity contribution in [2.75, 3.05) is 6.54 Å². The first-order chi connectivity index (χ1) is 6.09. The molecule has 0 saturated heterocycles. The fourth-order valence-corrected chi connectivity index (χ4v) is 2.80. The van der Waals surface area contributed by atoms with Crippen molar-refractivity contribution in [2.24, 2.45) is 23.0 Å². The van der Waals surface area contributed by atoms with E-state index in [0.29, 0.717) is 5.41 Å². The molecule has 3 atom stereocenters.